The first-order chi connectivity index (χ1) is 7.33. The van der Waals surface area contributed by atoms with E-state index in [2.05, 4.69) is 4.98 Å². The van der Waals surface area contributed by atoms with Crippen molar-refractivity contribution >= 4 is 33.2 Å². The zero-order valence-electron chi connectivity index (χ0n) is 8.07. The van der Waals surface area contributed by atoms with Crippen LogP contribution in [-0.2, 0) is 4.74 Å². The number of nitrogens with zero attached hydrogens (tertiary/aromatic N) is 1. The number of ether oxygens (including phenoxy) is 1. The third kappa shape index (κ3) is 1.75. The van der Waals surface area contributed by atoms with Crippen molar-refractivity contribution in [3.63, 3.8) is 0 Å². The van der Waals surface area contributed by atoms with E-state index >= 15 is 0 Å². The monoisotopic (exact) mass is 239 g/mol. The minimum atomic E-state index is 0.209. The van der Waals surface area contributed by atoms with Crippen molar-refractivity contribution < 1.29 is 4.74 Å². The van der Waals surface area contributed by atoms with Gasteiger partial charge in [-0.25, -0.2) is 4.98 Å². The number of aromatic nitrogens is 1. The number of benzene rings is 1. The van der Waals surface area contributed by atoms with Gasteiger partial charge in [-0.1, -0.05) is 11.6 Å². The van der Waals surface area contributed by atoms with E-state index in [1.807, 2.05) is 18.2 Å². The Kier molecular flexibility index (Phi) is 2.39. The number of halogens is 1. The zero-order chi connectivity index (χ0) is 10.3. The van der Waals surface area contributed by atoms with Crippen LogP contribution in [0.3, 0.4) is 0 Å². The molecule has 0 bridgehead atoms. The van der Waals surface area contributed by atoms with Gasteiger partial charge in [0.2, 0.25) is 0 Å². The van der Waals surface area contributed by atoms with E-state index in [0.29, 0.717) is 0 Å². The summed E-state index contributed by atoms with van der Waals surface area (Å²) in [5.41, 5.74) is 1.02. The van der Waals surface area contributed by atoms with Gasteiger partial charge in [0.25, 0.3) is 0 Å². The molecule has 78 valence electrons. The average molecular weight is 240 g/mol. The fourth-order valence-corrected chi connectivity index (χ4v) is 3.15. The molecule has 0 amide bonds. The van der Waals surface area contributed by atoms with Gasteiger partial charge in [-0.05, 0) is 31.0 Å². The third-order valence-electron chi connectivity index (χ3n) is 2.57. The molecule has 1 fully saturated rings. The predicted octanol–water partition coefficient (Wildman–Crippen LogP) is 3.80. The molecule has 0 aliphatic carbocycles. The molecule has 1 aromatic heterocycles. The van der Waals surface area contributed by atoms with Crippen LogP contribution in [-0.4, -0.2) is 11.6 Å². The minimum Gasteiger partial charge on any atom is -0.371 e. The average Bonchev–Trinajstić information content (AvgIpc) is 2.84. The fraction of sp³-hybridized carbons (Fsp3) is 0.364. The summed E-state index contributed by atoms with van der Waals surface area (Å²) in [5, 5.41) is 1.86. The van der Waals surface area contributed by atoms with Crippen LogP contribution in [0.15, 0.2) is 18.2 Å². The first kappa shape index (κ1) is 9.58. The first-order valence-electron chi connectivity index (χ1n) is 5.00. The second-order valence-corrected chi connectivity index (χ2v) is 5.16. The van der Waals surface area contributed by atoms with Gasteiger partial charge in [0, 0.05) is 11.6 Å². The molecule has 0 radical (unpaired) electrons. The lowest BCUT2D eigenvalue weighted by atomic mass is 10.2. The summed E-state index contributed by atoms with van der Waals surface area (Å²) in [6.45, 7) is 0.862. The van der Waals surface area contributed by atoms with Crippen molar-refractivity contribution in [1.29, 1.82) is 0 Å². The second kappa shape index (κ2) is 3.74. The van der Waals surface area contributed by atoms with Gasteiger partial charge in [-0.2, -0.15) is 0 Å². The van der Waals surface area contributed by atoms with Crippen molar-refractivity contribution in [2.45, 2.75) is 18.9 Å². The standard InChI is InChI=1S/C11H10ClNOS/c12-7-3-4-8-10(6-7)15-11(13-8)9-2-1-5-14-9/h3-4,6,9H,1-2,5H2. The lowest BCUT2D eigenvalue weighted by Crippen LogP contribution is -1.93. The number of hydrogen-bond donors (Lipinski definition) is 0. The van der Waals surface area contributed by atoms with Crippen LogP contribution < -0.4 is 0 Å². The Morgan fingerprint density at radius 3 is 3.20 bits per heavy atom. The molecule has 1 saturated heterocycles. The van der Waals surface area contributed by atoms with Crippen LogP contribution in [0.2, 0.25) is 5.02 Å². The molecule has 0 spiro atoms. The first-order valence-corrected chi connectivity index (χ1v) is 6.20. The summed E-state index contributed by atoms with van der Waals surface area (Å²) in [6, 6.07) is 5.81. The minimum absolute atomic E-state index is 0.209. The highest BCUT2D eigenvalue weighted by Gasteiger charge is 2.21. The maximum atomic E-state index is 5.94. The Hall–Kier alpha value is -0.640. The van der Waals surface area contributed by atoms with Gasteiger partial charge in [0.15, 0.2) is 0 Å². The molecule has 2 nitrogen and oxygen atoms in total. The maximum absolute atomic E-state index is 5.94. The van der Waals surface area contributed by atoms with Gasteiger partial charge in [-0.3, -0.25) is 0 Å². The third-order valence-corrected chi connectivity index (χ3v) is 3.92. The van der Waals surface area contributed by atoms with Crippen LogP contribution in [0.25, 0.3) is 10.2 Å². The molecule has 1 aliphatic rings. The highest BCUT2D eigenvalue weighted by atomic mass is 35.5. The Balaban J connectivity index is 2.05. The highest BCUT2D eigenvalue weighted by Crippen LogP contribution is 2.34. The summed E-state index contributed by atoms with van der Waals surface area (Å²) in [4.78, 5) is 4.57. The topological polar surface area (TPSA) is 22.1 Å². The Bertz CT molecular complexity index is 490. The Morgan fingerprint density at radius 2 is 2.40 bits per heavy atom. The largest absolute Gasteiger partial charge is 0.371 e. The molecule has 1 aliphatic heterocycles. The second-order valence-electron chi connectivity index (χ2n) is 3.67. The number of fused-ring (bicyclic) bond motifs is 1. The number of hydrogen-bond acceptors (Lipinski definition) is 3. The van der Waals surface area contributed by atoms with Crippen LogP contribution in [0.5, 0.6) is 0 Å². The van der Waals surface area contributed by atoms with Gasteiger partial charge in [0.1, 0.15) is 11.1 Å². The van der Waals surface area contributed by atoms with E-state index in [-0.39, 0.29) is 6.10 Å². The van der Waals surface area contributed by atoms with E-state index < -0.39 is 0 Å². The van der Waals surface area contributed by atoms with Gasteiger partial charge in [0.05, 0.1) is 10.2 Å². The molecule has 0 N–H and O–H groups in total. The van der Waals surface area contributed by atoms with Crippen molar-refractivity contribution in [1.82, 2.24) is 4.98 Å². The van der Waals surface area contributed by atoms with Gasteiger partial charge < -0.3 is 4.74 Å². The molecule has 2 aromatic rings. The van der Waals surface area contributed by atoms with Crippen LogP contribution >= 0.6 is 22.9 Å². The predicted molar refractivity (Wildman–Crippen MR) is 62.6 cm³/mol. The Morgan fingerprint density at radius 1 is 1.47 bits per heavy atom. The lowest BCUT2D eigenvalue weighted by Gasteiger charge is -2.02. The molecular weight excluding hydrogens is 230 g/mol. The maximum Gasteiger partial charge on any atom is 0.123 e. The van der Waals surface area contributed by atoms with Crippen molar-refractivity contribution in [2.24, 2.45) is 0 Å². The molecule has 1 atom stereocenters. The molecule has 15 heavy (non-hydrogen) atoms. The van der Waals surface area contributed by atoms with Crippen LogP contribution in [0.1, 0.15) is 24.0 Å². The molecule has 1 unspecified atom stereocenters. The SMILES string of the molecule is Clc1ccc2nc(C3CCCO3)sc2c1. The van der Waals surface area contributed by atoms with Crippen LogP contribution in [0, 0.1) is 0 Å². The molecular formula is C11H10ClNOS. The normalized spacial score (nSPS) is 21.3. The van der Waals surface area contributed by atoms with Crippen LogP contribution in [0.4, 0.5) is 0 Å². The van der Waals surface area contributed by atoms with E-state index in [1.54, 1.807) is 11.3 Å². The highest BCUT2D eigenvalue weighted by molar-refractivity contribution is 7.18. The van der Waals surface area contributed by atoms with E-state index in [4.69, 9.17) is 16.3 Å². The lowest BCUT2D eigenvalue weighted by molar-refractivity contribution is 0.112. The van der Waals surface area contributed by atoms with E-state index in [0.717, 1.165) is 39.7 Å². The Labute approximate surface area is 96.8 Å². The quantitative estimate of drug-likeness (QED) is 0.755. The van der Waals surface area contributed by atoms with Gasteiger partial charge >= 0.3 is 0 Å². The molecule has 3 rings (SSSR count). The molecule has 0 saturated carbocycles. The number of thiazole rings is 1. The van der Waals surface area contributed by atoms with Crippen molar-refractivity contribution in [2.75, 3.05) is 6.61 Å². The smallest absolute Gasteiger partial charge is 0.123 e. The summed E-state index contributed by atoms with van der Waals surface area (Å²) >= 11 is 7.62. The number of rotatable bonds is 1. The zero-order valence-corrected chi connectivity index (χ0v) is 9.64. The summed E-state index contributed by atoms with van der Waals surface area (Å²) < 4.78 is 6.76. The van der Waals surface area contributed by atoms with E-state index in [9.17, 15) is 0 Å². The molecule has 4 heteroatoms. The van der Waals surface area contributed by atoms with Crippen molar-refractivity contribution in [3.8, 4) is 0 Å². The summed E-state index contributed by atoms with van der Waals surface area (Å²) in [5.74, 6) is 0. The summed E-state index contributed by atoms with van der Waals surface area (Å²) in [6.07, 6.45) is 2.44. The van der Waals surface area contributed by atoms with Crippen molar-refractivity contribution in [3.05, 3.63) is 28.2 Å². The van der Waals surface area contributed by atoms with Gasteiger partial charge in [-0.15, -0.1) is 11.3 Å². The molecule has 2 heterocycles. The van der Waals surface area contributed by atoms with E-state index in [1.165, 1.54) is 0 Å². The fourth-order valence-electron chi connectivity index (χ4n) is 1.83. The summed E-state index contributed by atoms with van der Waals surface area (Å²) in [7, 11) is 0. The molecule has 1 aromatic carbocycles.